The van der Waals surface area contributed by atoms with Crippen molar-refractivity contribution >= 4 is 21.6 Å². The van der Waals surface area contributed by atoms with E-state index in [0.29, 0.717) is 11.3 Å². The Morgan fingerprint density at radius 3 is 2.34 bits per heavy atom. The van der Waals surface area contributed by atoms with Gasteiger partial charge in [0.25, 0.3) is 5.91 Å². The van der Waals surface area contributed by atoms with Gasteiger partial charge in [0.2, 0.25) is 10.0 Å². The second-order valence-corrected chi connectivity index (χ2v) is 8.72. The van der Waals surface area contributed by atoms with Gasteiger partial charge in [-0.1, -0.05) is 24.3 Å². The van der Waals surface area contributed by atoms with Crippen molar-refractivity contribution in [2.75, 3.05) is 5.32 Å². The van der Waals surface area contributed by atoms with Crippen LogP contribution in [0.3, 0.4) is 0 Å². The molecule has 32 heavy (non-hydrogen) atoms. The van der Waals surface area contributed by atoms with Gasteiger partial charge in [0, 0.05) is 41.9 Å². The van der Waals surface area contributed by atoms with E-state index in [1.807, 2.05) is 42.5 Å². The highest BCUT2D eigenvalue weighted by molar-refractivity contribution is 7.89. The van der Waals surface area contributed by atoms with Gasteiger partial charge in [-0.15, -0.1) is 0 Å². The zero-order chi connectivity index (χ0) is 22.4. The molecule has 2 N–H and O–H groups in total. The summed E-state index contributed by atoms with van der Waals surface area (Å²) in [6.45, 7) is 0.142. The van der Waals surface area contributed by atoms with E-state index >= 15 is 0 Å². The first-order valence-electron chi connectivity index (χ1n) is 9.83. The van der Waals surface area contributed by atoms with Gasteiger partial charge in [-0.25, -0.2) is 13.1 Å². The summed E-state index contributed by atoms with van der Waals surface area (Å²) in [5.41, 5.74) is 3.51. The van der Waals surface area contributed by atoms with E-state index in [0.717, 1.165) is 16.8 Å². The van der Waals surface area contributed by atoms with Crippen molar-refractivity contribution in [3.63, 3.8) is 0 Å². The summed E-state index contributed by atoms with van der Waals surface area (Å²) >= 11 is 0. The highest BCUT2D eigenvalue weighted by Gasteiger charge is 2.14. The summed E-state index contributed by atoms with van der Waals surface area (Å²) in [5, 5.41) is 2.73. The highest BCUT2D eigenvalue weighted by Crippen LogP contribution is 2.19. The fraction of sp³-hybridized carbons (Fsp3) is 0.0417. The molecular formula is C24H20N4O3S. The first-order valence-corrected chi connectivity index (χ1v) is 11.3. The maximum absolute atomic E-state index is 12.7. The molecule has 2 heterocycles. The SMILES string of the molecule is O=C(Nc1ccc(S(=O)(=O)NCc2cccc(-c3ccccn3)c2)cc1)c1ccncc1. The Bertz CT molecular complexity index is 1310. The number of carbonyl (C=O) groups is 1. The van der Waals surface area contributed by atoms with Crippen LogP contribution in [-0.2, 0) is 16.6 Å². The van der Waals surface area contributed by atoms with E-state index in [1.54, 1.807) is 30.5 Å². The smallest absolute Gasteiger partial charge is 0.255 e. The van der Waals surface area contributed by atoms with Crippen LogP contribution in [0.5, 0.6) is 0 Å². The molecule has 0 aliphatic rings. The molecule has 0 atom stereocenters. The van der Waals surface area contributed by atoms with Crippen molar-refractivity contribution in [2.45, 2.75) is 11.4 Å². The standard InChI is InChI=1S/C24H20N4O3S/c29-24(19-11-14-25-15-12-19)28-21-7-9-22(10-8-21)32(30,31)27-17-18-4-3-5-20(16-18)23-6-1-2-13-26-23/h1-16,27H,17H2,(H,28,29). The number of aromatic nitrogens is 2. The average molecular weight is 445 g/mol. The Kier molecular flexibility index (Phi) is 6.34. The fourth-order valence-electron chi connectivity index (χ4n) is 3.06. The van der Waals surface area contributed by atoms with Crippen LogP contribution in [0.25, 0.3) is 11.3 Å². The summed E-state index contributed by atoms with van der Waals surface area (Å²) in [6.07, 6.45) is 4.78. The molecule has 2 aromatic heterocycles. The number of pyridine rings is 2. The number of nitrogens with one attached hydrogen (secondary N) is 2. The van der Waals surface area contributed by atoms with Crippen molar-refractivity contribution < 1.29 is 13.2 Å². The molecule has 8 heteroatoms. The van der Waals surface area contributed by atoms with E-state index in [1.165, 1.54) is 24.5 Å². The third-order valence-electron chi connectivity index (χ3n) is 4.72. The largest absolute Gasteiger partial charge is 0.322 e. The van der Waals surface area contributed by atoms with Gasteiger partial charge in [-0.3, -0.25) is 14.8 Å². The minimum Gasteiger partial charge on any atom is -0.322 e. The topological polar surface area (TPSA) is 101 Å². The maximum atomic E-state index is 12.7. The van der Waals surface area contributed by atoms with Gasteiger partial charge in [0.05, 0.1) is 10.6 Å². The Hall–Kier alpha value is -3.88. The van der Waals surface area contributed by atoms with Gasteiger partial charge in [0.1, 0.15) is 0 Å². The molecule has 0 saturated carbocycles. The summed E-state index contributed by atoms with van der Waals surface area (Å²) in [4.78, 5) is 20.5. The Labute approximate surface area is 186 Å². The second-order valence-electron chi connectivity index (χ2n) is 6.95. The Morgan fingerprint density at radius 2 is 1.62 bits per heavy atom. The lowest BCUT2D eigenvalue weighted by atomic mass is 10.1. The number of anilines is 1. The van der Waals surface area contributed by atoms with Crippen LogP contribution in [0.15, 0.2) is 102 Å². The van der Waals surface area contributed by atoms with Crippen molar-refractivity contribution in [3.05, 3.63) is 109 Å². The number of hydrogen-bond acceptors (Lipinski definition) is 5. The normalized spacial score (nSPS) is 11.1. The van der Waals surface area contributed by atoms with Crippen molar-refractivity contribution in [1.82, 2.24) is 14.7 Å². The van der Waals surface area contributed by atoms with E-state index in [2.05, 4.69) is 20.0 Å². The molecule has 0 radical (unpaired) electrons. The van der Waals surface area contributed by atoms with Crippen molar-refractivity contribution in [3.8, 4) is 11.3 Å². The monoisotopic (exact) mass is 444 g/mol. The lowest BCUT2D eigenvalue weighted by Gasteiger charge is -2.10. The van der Waals surface area contributed by atoms with Gasteiger partial charge < -0.3 is 5.32 Å². The van der Waals surface area contributed by atoms with Crippen LogP contribution in [-0.4, -0.2) is 24.3 Å². The predicted octanol–water partition coefficient (Wildman–Crippen LogP) is 3.87. The van der Waals surface area contributed by atoms with E-state index in [4.69, 9.17) is 0 Å². The molecule has 0 spiro atoms. The van der Waals surface area contributed by atoms with Crippen LogP contribution in [0.1, 0.15) is 15.9 Å². The minimum absolute atomic E-state index is 0.111. The van der Waals surface area contributed by atoms with Gasteiger partial charge in [0.15, 0.2) is 0 Å². The number of carbonyl (C=O) groups excluding carboxylic acids is 1. The summed E-state index contributed by atoms with van der Waals surface area (Å²) in [6, 6.07) is 22.4. The lowest BCUT2D eigenvalue weighted by molar-refractivity contribution is 0.102. The van der Waals surface area contributed by atoms with Gasteiger partial charge in [-0.2, -0.15) is 0 Å². The van der Waals surface area contributed by atoms with E-state index < -0.39 is 10.0 Å². The van der Waals surface area contributed by atoms with Crippen molar-refractivity contribution in [1.29, 1.82) is 0 Å². The quantitative estimate of drug-likeness (QED) is 0.451. The lowest BCUT2D eigenvalue weighted by Crippen LogP contribution is -2.23. The molecule has 1 amide bonds. The molecule has 0 fully saturated rings. The van der Waals surface area contributed by atoms with Gasteiger partial charge >= 0.3 is 0 Å². The molecule has 7 nitrogen and oxygen atoms in total. The number of sulfonamides is 1. The van der Waals surface area contributed by atoms with Crippen LogP contribution in [0.4, 0.5) is 5.69 Å². The number of benzene rings is 2. The fourth-order valence-corrected chi connectivity index (χ4v) is 4.08. The molecule has 4 rings (SSSR count). The van der Waals surface area contributed by atoms with Crippen LogP contribution in [0, 0.1) is 0 Å². The Morgan fingerprint density at radius 1 is 0.844 bits per heavy atom. The molecule has 0 bridgehead atoms. The van der Waals surface area contributed by atoms with Crippen LogP contribution < -0.4 is 10.0 Å². The third-order valence-corrected chi connectivity index (χ3v) is 6.14. The maximum Gasteiger partial charge on any atom is 0.255 e. The number of nitrogens with zero attached hydrogens (tertiary/aromatic N) is 2. The molecule has 160 valence electrons. The average Bonchev–Trinajstić information content (AvgIpc) is 2.84. The molecule has 2 aromatic carbocycles. The third kappa shape index (κ3) is 5.23. The molecular weight excluding hydrogens is 424 g/mol. The first kappa shape index (κ1) is 21.4. The second kappa shape index (κ2) is 9.51. The molecule has 0 aliphatic heterocycles. The zero-order valence-electron chi connectivity index (χ0n) is 17.0. The summed E-state index contributed by atoms with van der Waals surface area (Å²) < 4.78 is 28.0. The predicted molar refractivity (Wildman–Crippen MR) is 122 cm³/mol. The summed E-state index contributed by atoms with van der Waals surface area (Å²) in [5.74, 6) is -0.297. The molecule has 0 saturated heterocycles. The molecule has 0 unspecified atom stereocenters. The summed E-state index contributed by atoms with van der Waals surface area (Å²) in [7, 11) is -3.72. The molecule has 4 aromatic rings. The number of amides is 1. The number of rotatable bonds is 7. The first-order chi connectivity index (χ1) is 15.5. The Balaban J connectivity index is 1.41. The highest BCUT2D eigenvalue weighted by atomic mass is 32.2. The van der Waals surface area contributed by atoms with Crippen LogP contribution >= 0.6 is 0 Å². The van der Waals surface area contributed by atoms with E-state index in [9.17, 15) is 13.2 Å². The molecule has 0 aliphatic carbocycles. The minimum atomic E-state index is -3.72. The van der Waals surface area contributed by atoms with E-state index in [-0.39, 0.29) is 17.3 Å². The van der Waals surface area contributed by atoms with Crippen LogP contribution in [0.2, 0.25) is 0 Å². The number of hydrogen-bond donors (Lipinski definition) is 2. The van der Waals surface area contributed by atoms with Gasteiger partial charge in [-0.05, 0) is 60.2 Å². The van der Waals surface area contributed by atoms with Crippen molar-refractivity contribution in [2.24, 2.45) is 0 Å². The zero-order valence-corrected chi connectivity index (χ0v) is 17.8.